The predicted octanol–water partition coefficient (Wildman–Crippen LogP) is 2.66. The van der Waals surface area contributed by atoms with Crippen molar-refractivity contribution >= 4 is 35.0 Å². The highest BCUT2D eigenvalue weighted by atomic mass is 32.2. The monoisotopic (exact) mass is 332 g/mol. The summed E-state index contributed by atoms with van der Waals surface area (Å²) < 4.78 is 0. The Morgan fingerprint density at radius 3 is 2.52 bits per heavy atom. The van der Waals surface area contributed by atoms with Crippen LogP contribution in [0.4, 0.5) is 5.69 Å². The number of carbonyl (C=O) groups excluding carboxylic acids is 3. The lowest BCUT2D eigenvalue weighted by molar-refractivity contribution is -0.129. The number of thioether (sulfide) groups is 1. The molecule has 0 aromatic heterocycles. The largest absolute Gasteiger partial charge is 0.325 e. The average molecular weight is 332 g/mol. The third-order valence-electron chi connectivity index (χ3n) is 3.26. The molecule has 6 heteroatoms. The molecular formula is C17H20N2O3S. The average Bonchev–Trinajstić information content (AvgIpc) is 2.80. The lowest BCUT2D eigenvalue weighted by atomic mass is 9.91. The Morgan fingerprint density at radius 2 is 1.91 bits per heavy atom. The number of allylic oxidation sites excluding steroid dienone is 1. The maximum Gasteiger partial charge on any atom is 0.244 e. The molecule has 0 atom stereocenters. The Kier molecular flexibility index (Phi) is 5.26. The van der Waals surface area contributed by atoms with Crippen molar-refractivity contribution in [1.29, 1.82) is 0 Å². The van der Waals surface area contributed by atoms with E-state index in [1.165, 1.54) is 22.7 Å². The summed E-state index contributed by atoms with van der Waals surface area (Å²) in [6.45, 7) is 5.37. The van der Waals surface area contributed by atoms with E-state index in [1.54, 1.807) is 12.1 Å². The zero-order valence-electron chi connectivity index (χ0n) is 13.5. The molecule has 0 bridgehead atoms. The molecule has 2 amide bonds. The fraction of sp³-hybridized carbons (Fsp3) is 0.353. The molecule has 1 aliphatic heterocycles. The molecule has 1 aromatic carbocycles. The van der Waals surface area contributed by atoms with E-state index in [4.69, 9.17) is 0 Å². The highest BCUT2D eigenvalue weighted by molar-refractivity contribution is 8.04. The number of amides is 2. The highest BCUT2D eigenvalue weighted by Gasteiger charge is 2.30. The molecule has 0 radical (unpaired) electrons. The Morgan fingerprint density at radius 1 is 1.26 bits per heavy atom. The summed E-state index contributed by atoms with van der Waals surface area (Å²) in [5, 5.41) is 3.28. The molecule has 122 valence electrons. The van der Waals surface area contributed by atoms with Crippen molar-refractivity contribution in [2.75, 3.05) is 17.6 Å². The highest BCUT2D eigenvalue weighted by Crippen LogP contribution is 2.30. The summed E-state index contributed by atoms with van der Waals surface area (Å²) in [4.78, 5) is 37.6. The topological polar surface area (TPSA) is 66.5 Å². The van der Waals surface area contributed by atoms with Gasteiger partial charge in [-0.1, -0.05) is 50.7 Å². The van der Waals surface area contributed by atoms with Crippen LogP contribution < -0.4 is 5.32 Å². The van der Waals surface area contributed by atoms with Gasteiger partial charge in [-0.25, -0.2) is 0 Å². The van der Waals surface area contributed by atoms with Gasteiger partial charge in [-0.05, 0) is 12.1 Å². The van der Waals surface area contributed by atoms with Crippen LogP contribution in [0, 0.1) is 5.41 Å². The van der Waals surface area contributed by atoms with Crippen molar-refractivity contribution in [2.45, 2.75) is 20.8 Å². The number of hydrogen-bond donors (Lipinski definition) is 1. The Balaban J connectivity index is 2.07. The molecule has 1 heterocycles. The molecule has 5 nitrogen and oxygen atoms in total. The molecule has 0 aliphatic carbocycles. The third kappa shape index (κ3) is 4.69. The van der Waals surface area contributed by atoms with Gasteiger partial charge in [-0.15, -0.1) is 0 Å². The van der Waals surface area contributed by atoms with Crippen LogP contribution >= 0.6 is 11.8 Å². The Labute approximate surface area is 140 Å². The van der Waals surface area contributed by atoms with Crippen LogP contribution in [0.15, 0.2) is 41.4 Å². The summed E-state index contributed by atoms with van der Waals surface area (Å²) in [6.07, 6.45) is 1.46. The quantitative estimate of drug-likeness (QED) is 0.861. The van der Waals surface area contributed by atoms with Gasteiger partial charge >= 0.3 is 0 Å². The number of ketones is 1. The molecule has 0 spiro atoms. The standard InChI is InChI=1S/C17H20N2O3S/c1-17(2,3)13(20)9-16-19(15(22)11-23-16)10-14(21)18-12-7-5-4-6-8-12/h4-9H,10-11H2,1-3H3,(H,18,21)/b16-9-. The van der Waals surface area contributed by atoms with Gasteiger partial charge in [0.2, 0.25) is 11.8 Å². The van der Waals surface area contributed by atoms with Gasteiger partial charge in [-0.3, -0.25) is 19.3 Å². The van der Waals surface area contributed by atoms with Crippen LogP contribution in [-0.2, 0) is 14.4 Å². The van der Waals surface area contributed by atoms with E-state index in [1.807, 2.05) is 39.0 Å². The SMILES string of the molecule is CC(C)(C)C(=O)/C=C1\SCC(=O)N1CC(=O)Nc1ccccc1. The maximum absolute atomic E-state index is 12.1. The normalized spacial score (nSPS) is 16.7. The number of para-hydroxylation sites is 1. The van der Waals surface area contributed by atoms with E-state index in [-0.39, 0.29) is 29.9 Å². The smallest absolute Gasteiger partial charge is 0.244 e. The lowest BCUT2D eigenvalue weighted by Gasteiger charge is -2.19. The second-order valence-corrected chi connectivity index (χ2v) is 7.28. The van der Waals surface area contributed by atoms with Crippen LogP contribution in [0.25, 0.3) is 0 Å². The van der Waals surface area contributed by atoms with Gasteiger partial charge in [-0.2, -0.15) is 0 Å². The number of hydrogen-bond acceptors (Lipinski definition) is 4. The summed E-state index contributed by atoms with van der Waals surface area (Å²) in [5.41, 5.74) is 0.157. The van der Waals surface area contributed by atoms with Crippen molar-refractivity contribution in [1.82, 2.24) is 4.90 Å². The van der Waals surface area contributed by atoms with Gasteiger partial charge in [0.15, 0.2) is 5.78 Å². The van der Waals surface area contributed by atoms with Crippen molar-refractivity contribution in [3.05, 3.63) is 41.4 Å². The van der Waals surface area contributed by atoms with Crippen LogP contribution in [0.5, 0.6) is 0 Å². The van der Waals surface area contributed by atoms with Crippen molar-refractivity contribution < 1.29 is 14.4 Å². The number of benzene rings is 1. The molecular weight excluding hydrogens is 312 g/mol. The van der Waals surface area contributed by atoms with E-state index >= 15 is 0 Å². The summed E-state index contributed by atoms with van der Waals surface area (Å²) >= 11 is 1.29. The number of nitrogens with one attached hydrogen (secondary N) is 1. The summed E-state index contributed by atoms with van der Waals surface area (Å²) in [7, 11) is 0. The molecule has 23 heavy (non-hydrogen) atoms. The second kappa shape index (κ2) is 7.00. The molecule has 1 aromatic rings. The van der Waals surface area contributed by atoms with E-state index in [9.17, 15) is 14.4 Å². The van der Waals surface area contributed by atoms with Gasteiger partial charge < -0.3 is 5.32 Å². The first-order valence-electron chi connectivity index (χ1n) is 7.31. The first-order valence-corrected chi connectivity index (χ1v) is 8.30. The van der Waals surface area contributed by atoms with Crippen LogP contribution in [0.1, 0.15) is 20.8 Å². The fourth-order valence-electron chi connectivity index (χ4n) is 1.89. The molecule has 0 unspecified atom stereocenters. The molecule has 0 saturated carbocycles. The molecule has 1 aliphatic rings. The van der Waals surface area contributed by atoms with Crippen LogP contribution in [-0.4, -0.2) is 34.8 Å². The first-order chi connectivity index (χ1) is 10.8. The molecule has 2 rings (SSSR count). The maximum atomic E-state index is 12.1. The van der Waals surface area contributed by atoms with Crippen molar-refractivity contribution in [2.24, 2.45) is 5.41 Å². The van der Waals surface area contributed by atoms with Crippen molar-refractivity contribution in [3.8, 4) is 0 Å². The fourth-order valence-corrected chi connectivity index (χ4v) is 2.83. The van der Waals surface area contributed by atoms with Gasteiger partial charge in [0.1, 0.15) is 6.54 Å². The van der Waals surface area contributed by atoms with E-state index < -0.39 is 5.41 Å². The number of nitrogens with zero attached hydrogens (tertiary/aromatic N) is 1. The van der Waals surface area contributed by atoms with E-state index in [2.05, 4.69) is 5.32 Å². The molecule has 1 saturated heterocycles. The minimum Gasteiger partial charge on any atom is -0.325 e. The zero-order valence-corrected chi connectivity index (χ0v) is 14.3. The minimum absolute atomic E-state index is 0.0665. The predicted molar refractivity (Wildman–Crippen MR) is 91.8 cm³/mol. The van der Waals surface area contributed by atoms with Gasteiger partial charge in [0.05, 0.1) is 10.8 Å². The first kappa shape index (κ1) is 17.3. The number of rotatable bonds is 4. The van der Waals surface area contributed by atoms with Crippen molar-refractivity contribution in [3.63, 3.8) is 0 Å². The van der Waals surface area contributed by atoms with Gasteiger partial charge in [0.25, 0.3) is 0 Å². The molecule has 1 N–H and O–H groups in total. The Bertz CT molecular complexity index is 648. The number of carbonyl (C=O) groups is 3. The van der Waals surface area contributed by atoms with E-state index in [0.29, 0.717) is 10.7 Å². The molecule has 1 fully saturated rings. The zero-order chi connectivity index (χ0) is 17.0. The van der Waals surface area contributed by atoms with E-state index in [0.717, 1.165) is 0 Å². The summed E-state index contributed by atoms with van der Waals surface area (Å²) in [5.74, 6) is -0.266. The van der Waals surface area contributed by atoms with Crippen LogP contribution in [0.3, 0.4) is 0 Å². The summed E-state index contributed by atoms with van der Waals surface area (Å²) in [6, 6.07) is 9.05. The lowest BCUT2D eigenvalue weighted by Crippen LogP contribution is -2.34. The third-order valence-corrected chi connectivity index (χ3v) is 4.29. The number of anilines is 1. The Hall–Kier alpha value is -2.08. The van der Waals surface area contributed by atoms with Crippen LogP contribution in [0.2, 0.25) is 0 Å². The second-order valence-electron chi connectivity index (χ2n) is 6.28. The van der Waals surface area contributed by atoms with Gasteiger partial charge in [0, 0.05) is 17.2 Å². The minimum atomic E-state index is -0.517.